The predicted octanol–water partition coefficient (Wildman–Crippen LogP) is 12.9. The lowest BCUT2D eigenvalue weighted by atomic mass is 9.99. The lowest BCUT2D eigenvalue weighted by molar-refractivity contribution is 0.574. The van der Waals surface area contributed by atoms with E-state index in [4.69, 9.17) is 13.8 Å². The van der Waals surface area contributed by atoms with Crippen LogP contribution in [0.5, 0.6) is 0 Å². The second-order valence-corrected chi connectivity index (χ2v) is 12.1. The van der Waals surface area contributed by atoms with Gasteiger partial charge in [-0.1, -0.05) is 116 Å². The Bertz CT molecular complexity index is 2680. The normalized spacial score (nSPS) is 11.7. The first-order chi connectivity index (χ1) is 24.2. The molecule has 0 N–H and O–H groups in total. The van der Waals surface area contributed by atoms with Crippen LogP contribution in [0.25, 0.3) is 72.1 Å². The number of aromatic nitrogens is 1. The molecule has 49 heavy (non-hydrogen) atoms. The van der Waals surface area contributed by atoms with Crippen LogP contribution >= 0.6 is 0 Å². The third-order valence-corrected chi connectivity index (χ3v) is 9.10. The molecule has 0 atom stereocenters. The maximum Gasteiger partial charge on any atom is 0.227 e. The van der Waals surface area contributed by atoms with Crippen LogP contribution in [0.4, 0.5) is 17.1 Å². The minimum Gasteiger partial charge on any atom is -0.456 e. The number of benzene rings is 7. The zero-order valence-electron chi connectivity index (χ0n) is 26.6. The average molecular weight is 631 g/mol. The summed E-state index contributed by atoms with van der Waals surface area (Å²) in [6.07, 6.45) is 7.10. The Hall–Kier alpha value is -6.65. The highest BCUT2D eigenvalue weighted by Gasteiger charge is 2.20. The van der Waals surface area contributed by atoms with E-state index in [0.29, 0.717) is 5.89 Å². The van der Waals surface area contributed by atoms with Crippen molar-refractivity contribution in [3.05, 3.63) is 176 Å². The fourth-order valence-corrected chi connectivity index (χ4v) is 6.79. The van der Waals surface area contributed by atoms with Gasteiger partial charge in [0.25, 0.3) is 0 Å². The number of nitrogens with zero attached hydrogens (tertiary/aromatic N) is 2. The van der Waals surface area contributed by atoms with Gasteiger partial charge < -0.3 is 13.7 Å². The van der Waals surface area contributed by atoms with Crippen molar-refractivity contribution in [2.24, 2.45) is 0 Å². The molecule has 9 rings (SSSR count). The van der Waals surface area contributed by atoms with E-state index >= 15 is 0 Å². The molecule has 2 heterocycles. The van der Waals surface area contributed by atoms with E-state index < -0.39 is 0 Å². The van der Waals surface area contributed by atoms with Gasteiger partial charge in [-0.3, -0.25) is 0 Å². The van der Waals surface area contributed by atoms with E-state index in [1.807, 2.05) is 30.4 Å². The Morgan fingerprint density at radius 1 is 0.571 bits per heavy atom. The van der Waals surface area contributed by atoms with E-state index in [9.17, 15) is 0 Å². The fraction of sp³-hybridized carbons (Fsp3) is 0. The molecule has 0 amide bonds. The lowest BCUT2D eigenvalue weighted by Gasteiger charge is -2.26. The monoisotopic (exact) mass is 630 g/mol. The average Bonchev–Trinajstić information content (AvgIpc) is 3.79. The smallest absolute Gasteiger partial charge is 0.227 e. The molecule has 0 saturated heterocycles. The van der Waals surface area contributed by atoms with Gasteiger partial charge in [-0.25, -0.2) is 4.98 Å². The van der Waals surface area contributed by atoms with Crippen molar-refractivity contribution in [2.45, 2.75) is 0 Å². The van der Waals surface area contributed by atoms with E-state index in [0.717, 1.165) is 61.0 Å². The molecule has 0 fully saturated rings. The molecule has 4 nitrogen and oxygen atoms in total. The quantitative estimate of drug-likeness (QED) is 0.164. The van der Waals surface area contributed by atoms with E-state index in [1.165, 1.54) is 21.9 Å². The molecule has 0 saturated carbocycles. The Morgan fingerprint density at radius 3 is 2.10 bits per heavy atom. The van der Waals surface area contributed by atoms with Crippen molar-refractivity contribution in [3.8, 4) is 22.6 Å². The molecule has 4 heteroatoms. The summed E-state index contributed by atoms with van der Waals surface area (Å²) in [6, 6.07) is 51.2. The van der Waals surface area contributed by atoms with Crippen molar-refractivity contribution < 1.29 is 8.83 Å². The highest BCUT2D eigenvalue weighted by Crippen LogP contribution is 2.43. The summed E-state index contributed by atoms with van der Waals surface area (Å²) < 4.78 is 12.6. The number of furan rings is 1. The van der Waals surface area contributed by atoms with Crippen molar-refractivity contribution in [2.75, 3.05) is 4.90 Å². The largest absolute Gasteiger partial charge is 0.456 e. The van der Waals surface area contributed by atoms with Gasteiger partial charge in [-0.05, 0) is 81.2 Å². The number of anilines is 3. The van der Waals surface area contributed by atoms with E-state index in [2.05, 4.69) is 139 Å². The van der Waals surface area contributed by atoms with Crippen LogP contribution in [0.15, 0.2) is 179 Å². The Kier molecular flexibility index (Phi) is 6.91. The molecule has 0 radical (unpaired) electrons. The van der Waals surface area contributed by atoms with Crippen LogP contribution in [0.2, 0.25) is 0 Å². The van der Waals surface area contributed by atoms with Gasteiger partial charge in [-0.15, -0.1) is 0 Å². The minimum absolute atomic E-state index is 0.546. The molecular weight excluding hydrogens is 601 g/mol. The molecule has 9 aromatic rings. The molecule has 0 aliphatic rings. The number of hydrogen-bond donors (Lipinski definition) is 0. The van der Waals surface area contributed by atoms with E-state index in [1.54, 1.807) is 12.3 Å². The highest BCUT2D eigenvalue weighted by atomic mass is 16.3. The summed E-state index contributed by atoms with van der Waals surface area (Å²) >= 11 is 0. The number of oxazole rings is 1. The fourth-order valence-electron chi connectivity index (χ4n) is 6.79. The standard InChI is InChI=1S/C45H30N2O2/c1-2-3-15-34-29-48-45(46-34)41-28-43-44(39-17-10-9-16-38(39)41)40-25-24-37(27-42(40)49-43)47(36-23-20-31-13-7-8-14-33(31)26-36)35-21-18-32(19-22-35)30-11-5-4-6-12-30/h2-29H,1H2/b15-3-. The Labute approximate surface area is 283 Å². The van der Waals surface area contributed by atoms with Gasteiger partial charge in [0.1, 0.15) is 23.1 Å². The summed E-state index contributed by atoms with van der Waals surface area (Å²) in [5.74, 6) is 0.546. The van der Waals surface area contributed by atoms with Gasteiger partial charge >= 0.3 is 0 Å². The van der Waals surface area contributed by atoms with Crippen LogP contribution in [0.3, 0.4) is 0 Å². The molecule has 0 aliphatic carbocycles. The topological polar surface area (TPSA) is 42.4 Å². The molecule has 232 valence electrons. The van der Waals surface area contributed by atoms with Crippen LogP contribution in [0.1, 0.15) is 5.69 Å². The third-order valence-electron chi connectivity index (χ3n) is 9.10. The van der Waals surface area contributed by atoms with Gasteiger partial charge in [0.05, 0.1) is 0 Å². The zero-order valence-corrected chi connectivity index (χ0v) is 26.6. The third kappa shape index (κ3) is 5.07. The first-order valence-corrected chi connectivity index (χ1v) is 16.3. The molecule has 0 bridgehead atoms. The van der Waals surface area contributed by atoms with Crippen molar-refractivity contribution in [1.82, 2.24) is 4.98 Å². The van der Waals surface area contributed by atoms with Gasteiger partial charge in [0.2, 0.25) is 5.89 Å². The van der Waals surface area contributed by atoms with Crippen LogP contribution in [-0.4, -0.2) is 4.98 Å². The van der Waals surface area contributed by atoms with Gasteiger partial charge in [0, 0.05) is 39.5 Å². The number of hydrogen-bond acceptors (Lipinski definition) is 4. The second-order valence-electron chi connectivity index (χ2n) is 12.1. The van der Waals surface area contributed by atoms with Crippen LogP contribution in [0, 0.1) is 0 Å². The molecule has 7 aromatic carbocycles. The summed E-state index contributed by atoms with van der Waals surface area (Å²) in [5.41, 5.74) is 8.71. The SMILES string of the molecule is C=C/C=C\c1coc(-c2cc3oc4cc(N(c5ccc(-c6ccccc6)cc5)c5ccc6ccccc6c5)ccc4c3c3ccccc23)n1. The number of fused-ring (bicyclic) bond motifs is 6. The minimum atomic E-state index is 0.546. The molecular formula is C45H30N2O2. The zero-order chi connectivity index (χ0) is 32.7. The maximum atomic E-state index is 6.68. The van der Waals surface area contributed by atoms with Crippen molar-refractivity contribution in [1.29, 1.82) is 0 Å². The summed E-state index contributed by atoms with van der Waals surface area (Å²) in [6.45, 7) is 3.75. The summed E-state index contributed by atoms with van der Waals surface area (Å²) in [5, 5.41) is 6.66. The first kappa shape index (κ1) is 28.6. The molecule has 0 aliphatic heterocycles. The van der Waals surface area contributed by atoms with Gasteiger partial charge in [-0.2, -0.15) is 0 Å². The summed E-state index contributed by atoms with van der Waals surface area (Å²) in [7, 11) is 0. The van der Waals surface area contributed by atoms with Crippen molar-refractivity contribution >= 4 is 66.6 Å². The van der Waals surface area contributed by atoms with Crippen LogP contribution < -0.4 is 4.90 Å². The molecule has 0 spiro atoms. The van der Waals surface area contributed by atoms with Crippen LogP contribution in [-0.2, 0) is 0 Å². The predicted molar refractivity (Wildman–Crippen MR) is 204 cm³/mol. The molecule has 2 aromatic heterocycles. The first-order valence-electron chi connectivity index (χ1n) is 16.3. The van der Waals surface area contributed by atoms with E-state index in [-0.39, 0.29) is 0 Å². The summed E-state index contributed by atoms with van der Waals surface area (Å²) in [4.78, 5) is 7.02. The highest BCUT2D eigenvalue weighted by molar-refractivity contribution is 6.22. The Balaban J connectivity index is 1.21. The number of rotatable bonds is 7. The number of allylic oxidation sites excluding steroid dienone is 2. The van der Waals surface area contributed by atoms with Gasteiger partial charge in [0.15, 0.2) is 0 Å². The van der Waals surface area contributed by atoms with Crippen molar-refractivity contribution in [3.63, 3.8) is 0 Å². The Morgan fingerprint density at radius 2 is 1.27 bits per heavy atom. The molecule has 0 unspecified atom stereocenters. The lowest BCUT2D eigenvalue weighted by Crippen LogP contribution is -2.09. The second kappa shape index (κ2) is 11.9. The maximum absolute atomic E-state index is 6.68.